The van der Waals surface area contributed by atoms with Crippen molar-refractivity contribution in [3.8, 4) is 5.69 Å². The van der Waals surface area contributed by atoms with E-state index < -0.39 is 23.5 Å². The quantitative estimate of drug-likeness (QED) is 0.906. The van der Waals surface area contributed by atoms with Crippen LogP contribution in [0, 0.1) is 0 Å². The molecule has 3 N–H and O–H groups in total. The molecule has 4 nitrogen and oxygen atoms in total. The highest BCUT2D eigenvalue weighted by atomic mass is 19.4. The second kappa shape index (κ2) is 4.92. The maximum atomic E-state index is 13.2. The molecule has 1 aromatic carbocycles. The van der Waals surface area contributed by atoms with Crippen molar-refractivity contribution >= 4 is 0 Å². The van der Waals surface area contributed by atoms with Crippen LogP contribution in [0.15, 0.2) is 42.6 Å². The van der Waals surface area contributed by atoms with Gasteiger partial charge in [0.2, 0.25) is 5.60 Å². The molecule has 2 atom stereocenters. The topological polar surface area (TPSA) is 64.1 Å². The van der Waals surface area contributed by atoms with Gasteiger partial charge in [-0.05, 0) is 25.1 Å². The summed E-state index contributed by atoms with van der Waals surface area (Å²) in [6, 6.07) is 7.82. The van der Waals surface area contributed by atoms with E-state index in [9.17, 15) is 18.3 Å². The van der Waals surface area contributed by atoms with E-state index in [0.29, 0.717) is 5.69 Å². The Bertz CT molecular complexity index is 580. The third-order valence-electron chi connectivity index (χ3n) is 3.13. The highest BCUT2D eigenvalue weighted by molar-refractivity contribution is 5.35. The molecule has 0 amide bonds. The van der Waals surface area contributed by atoms with Gasteiger partial charge in [-0.1, -0.05) is 18.2 Å². The van der Waals surface area contributed by atoms with Gasteiger partial charge in [0.1, 0.15) is 0 Å². The minimum Gasteiger partial charge on any atom is -0.374 e. The van der Waals surface area contributed by atoms with Crippen LogP contribution >= 0.6 is 0 Å². The molecule has 1 aromatic heterocycles. The Balaban J connectivity index is 2.62. The van der Waals surface area contributed by atoms with Gasteiger partial charge < -0.3 is 10.8 Å². The van der Waals surface area contributed by atoms with Gasteiger partial charge in [-0.25, -0.2) is 4.68 Å². The third kappa shape index (κ3) is 2.19. The summed E-state index contributed by atoms with van der Waals surface area (Å²) < 4.78 is 40.8. The molecule has 108 valence electrons. The highest BCUT2D eigenvalue weighted by Gasteiger charge is 2.59. The molecule has 2 rings (SSSR count). The predicted molar refractivity (Wildman–Crippen MR) is 67.2 cm³/mol. The first-order chi connectivity index (χ1) is 9.28. The zero-order valence-corrected chi connectivity index (χ0v) is 10.7. The van der Waals surface area contributed by atoms with Crippen molar-refractivity contribution in [1.29, 1.82) is 0 Å². The van der Waals surface area contributed by atoms with Gasteiger partial charge in [-0.2, -0.15) is 18.3 Å². The van der Waals surface area contributed by atoms with Crippen LogP contribution in [-0.4, -0.2) is 27.1 Å². The lowest BCUT2D eigenvalue weighted by Gasteiger charge is -2.34. The van der Waals surface area contributed by atoms with E-state index in [2.05, 4.69) is 5.10 Å². The lowest BCUT2D eigenvalue weighted by molar-refractivity contribution is -0.275. The molecule has 0 spiro atoms. The second-order valence-electron chi connectivity index (χ2n) is 4.52. The number of aromatic nitrogens is 2. The average Bonchev–Trinajstić information content (AvgIpc) is 2.86. The molecular weight excluding hydrogens is 271 g/mol. The fourth-order valence-corrected chi connectivity index (χ4v) is 2.00. The van der Waals surface area contributed by atoms with E-state index in [0.717, 1.165) is 17.7 Å². The van der Waals surface area contributed by atoms with Crippen molar-refractivity contribution in [3.05, 3.63) is 48.3 Å². The summed E-state index contributed by atoms with van der Waals surface area (Å²) in [5.41, 5.74) is 2.22. The minimum absolute atomic E-state index is 0.411. The first-order valence-corrected chi connectivity index (χ1v) is 5.93. The molecular formula is C13H14F3N3O. The fraction of sp³-hybridized carbons (Fsp3) is 0.308. The monoisotopic (exact) mass is 285 g/mol. The molecule has 0 aliphatic carbocycles. The Morgan fingerprint density at radius 2 is 1.80 bits per heavy atom. The molecule has 0 fully saturated rings. The molecule has 2 unspecified atom stereocenters. The van der Waals surface area contributed by atoms with Crippen molar-refractivity contribution in [2.24, 2.45) is 5.73 Å². The summed E-state index contributed by atoms with van der Waals surface area (Å²) in [4.78, 5) is 0. The number of rotatable bonds is 3. The standard InChI is InChI=1S/C13H14F3N3O/c1-9(17)12(20,13(14,15)16)11-7-8-18-19(11)10-5-3-2-4-6-10/h2-9,20H,17H2,1H3. The Morgan fingerprint density at radius 3 is 2.30 bits per heavy atom. The normalized spacial score (nSPS) is 16.7. The van der Waals surface area contributed by atoms with Crippen molar-refractivity contribution in [3.63, 3.8) is 0 Å². The highest BCUT2D eigenvalue weighted by Crippen LogP contribution is 2.41. The molecule has 0 saturated carbocycles. The van der Waals surface area contributed by atoms with E-state index in [1.165, 1.54) is 6.20 Å². The third-order valence-corrected chi connectivity index (χ3v) is 3.13. The summed E-state index contributed by atoms with van der Waals surface area (Å²) in [6.45, 7) is 1.11. The molecule has 0 radical (unpaired) electrons. The van der Waals surface area contributed by atoms with Crippen LogP contribution in [0.1, 0.15) is 12.6 Å². The van der Waals surface area contributed by atoms with Gasteiger partial charge >= 0.3 is 6.18 Å². The van der Waals surface area contributed by atoms with E-state index in [-0.39, 0.29) is 0 Å². The van der Waals surface area contributed by atoms with Crippen LogP contribution < -0.4 is 5.73 Å². The molecule has 0 bridgehead atoms. The van der Waals surface area contributed by atoms with Crippen LogP contribution in [0.4, 0.5) is 13.2 Å². The molecule has 7 heteroatoms. The van der Waals surface area contributed by atoms with Crippen molar-refractivity contribution < 1.29 is 18.3 Å². The number of hydrogen-bond acceptors (Lipinski definition) is 3. The summed E-state index contributed by atoms with van der Waals surface area (Å²) in [5.74, 6) is 0. The van der Waals surface area contributed by atoms with Gasteiger partial charge in [-0.15, -0.1) is 0 Å². The predicted octanol–water partition coefficient (Wildman–Crippen LogP) is 1.97. The van der Waals surface area contributed by atoms with Gasteiger partial charge in [0.05, 0.1) is 11.4 Å². The number of nitrogens with zero attached hydrogens (tertiary/aromatic N) is 2. The van der Waals surface area contributed by atoms with E-state index >= 15 is 0 Å². The SMILES string of the molecule is CC(N)C(O)(c1ccnn1-c1ccccc1)C(F)(F)F. The average molecular weight is 285 g/mol. The Labute approximate surface area is 113 Å². The lowest BCUT2D eigenvalue weighted by Crippen LogP contribution is -2.55. The zero-order valence-electron chi connectivity index (χ0n) is 10.7. The summed E-state index contributed by atoms with van der Waals surface area (Å²) in [5, 5.41) is 14.0. The molecule has 0 aliphatic rings. The molecule has 2 aromatic rings. The minimum atomic E-state index is -4.91. The number of hydrogen-bond donors (Lipinski definition) is 2. The first kappa shape index (κ1) is 14.5. The maximum absolute atomic E-state index is 13.2. The van der Waals surface area contributed by atoms with Crippen LogP contribution in [0.2, 0.25) is 0 Å². The van der Waals surface area contributed by atoms with Crippen LogP contribution in [0.3, 0.4) is 0 Å². The van der Waals surface area contributed by atoms with Crippen molar-refractivity contribution in [2.45, 2.75) is 24.7 Å². The van der Waals surface area contributed by atoms with Crippen LogP contribution in [0.5, 0.6) is 0 Å². The van der Waals surface area contributed by atoms with Crippen LogP contribution in [0.25, 0.3) is 5.69 Å². The Hall–Kier alpha value is -1.86. The smallest absolute Gasteiger partial charge is 0.374 e. The van der Waals surface area contributed by atoms with Gasteiger partial charge in [-0.3, -0.25) is 0 Å². The number of para-hydroxylation sites is 1. The van der Waals surface area contributed by atoms with E-state index in [1.807, 2.05) is 0 Å². The Kier molecular flexibility index (Phi) is 3.58. The number of halogens is 3. The van der Waals surface area contributed by atoms with Crippen molar-refractivity contribution in [2.75, 3.05) is 0 Å². The molecule has 0 saturated heterocycles. The number of aliphatic hydroxyl groups is 1. The van der Waals surface area contributed by atoms with E-state index in [1.54, 1.807) is 30.3 Å². The van der Waals surface area contributed by atoms with Gasteiger partial charge in [0.25, 0.3) is 0 Å². The number of alkyl halides is 3. The molecule has 1 heterocycles. The number of benzene rings is 1. The fourth-order valence-electron chi connectivity index (χ4n) is 2.00. The molecule has 20 heavy (non-hydrogen) atoms. The second-order valence-corrected chi connectivity index (χ2v) is 4.52. The largest absolute Gasteiger partial charge is 0.424 e. The van der Waals surface area contributed by atoms with Crippen LogP contribution in [-0.2, 0) is 5.60 Å². The van der Waals surface area contributed by atoms with Gasteiger partial charge in [0, 0.05) is 12.2 Å². The molecule has 0 aliphatic heterocycles. The first-order valence-electron chi connectivity index (χ1n) is 5.93. The number of nitrogens with two attached hydrogens (primary N) is 1. The maximum Gasteiger partial charge on any atom is 0.424 e. The summed E-state index contributed by atoms with van der Waals surface area (Å²) in [6.07, 6.45) is -3.71. The summed E-state index contributed by atoms with van der Waals surface area (Å²) >= 11 is 0. The van der Waals surface area contributed by atoms with Crippen molar-refractivity contribution in [1.82, 2.24) is 9.78 Å². The Morgan fingerprint density at radius 1 is 1.20 bits per heavy atom. The zero-order chi connectivity index (χ0) is 15.0. The lowest BCUT2D eigenvalue weighted by atomic mass is 9.91. The summed E-state index contributed by atoms with van der Waals surface area (Å²) in [7, 11) is 0. The van der Waals surface area contributed by atoms with Gasteiger partial charge in [0.15, 0.2) is 0 Å². The van der Waals surface area contributed by atoms with E-state index in [4.69, 9.17) is 5.73 Å².